The summed E-state index contributed by atoms with van der Waals surface area (Å²) in [5.74, 6) is 0.0928. The van der Waals surface area contributed by atoms with Crippen molar-refractivity contribution in [1.29, 1.82) is 0 Å². The molecule has 27 heavy (non-hydrogen) atoms. The van der Waals surface area contributed by atoms with E-state index in [1.54, 1.807) is 29.2 Å². The molecule has 2 N–H and O–H groups in total. The second-order valence-electron chi connectivity index (χ2n) is 6.52. The van der Waals surface area contributed by atoms with E-state index in [1.807, 2.05) is 0 Å². The molecule has 3 rings (SSSR count). The topological polar surface area (TPSA) is 45.4 Å². The van der Waals surface area contributed by atoms with Crippen molar-refractivity contribution in [2.75, 3.05) is 43.4 Å². The van der Waals surface area contributed by atoms with E-state index in [9.17, 15) is 26.3 Å². The standard InChI is InChI=1S/C17H18F6N4/c18-16(19,20)9-12-14(24)11-3-1-2-4-13(11)25-15(12)27-7-5-26(6-8-27)10-17(21,22)23/h1-4H,5-10H2,(H2,24,25). The number of pyridine rings is 1. The van der Waals surface area contributed by atoms with Gasteiger partial charge in [0.1, 0.15) is 5.82 Å². The molecule has 0 amide bonds. The third-order valence-corrected chi connectivity index (χ3v) is 4.47. The van der Waals surface area contributed by atoms with Crippen molar-refractivity contribution in [3.63, 3.8) is 0 Å². The Kier molecular flexibility index (Phi) is 5.11. The fourth-order valence-electron chi connectivity index (χ4n) is 3.27. The summed E-state index contributed by atoms with van der Waals surface area (Å²) in [5, 5.41) is 0.427. The normalized spacial score (nSPS) is 16.9. The molecule has 148 valence electrons. The number of piperazine rings is 1. The number of anilines is 2. The number of hydrogen-bond donors (Lipinski definition) is 1. The highest BCUT2D eigenvalue weighted by molar-refractivity contribution is 5.94. The van der Waals surface area contributed by atoms with Gasteiger partial charge in [-0.2, -0.15) is 26.3 Å². The second-order valence-corrected chi connectivity index (χ2v) is 6.52. The summed E-state index contributed by atoms with van der Waals surface area (Å²) in [4.78, 5) is 7.16. The van der Waals surface area contributed by atoms with Crippen molar-refractivity contribution < 1.29 is 26.3 Å². The van der Waals surface area contributed by atoms with Gasteiger partial charge in [-0.05, 0) is 6.07 Å². The number of alkyl halides is 6. The van der Waals surface area contributed by atoms with E-state index in [0.29, 0.717) is 10.9 Å². The van der Waals surface area contributed by atoms with Crippen LogP contribution in [0, 0.1) is 0 Å². The minimum absolute atomic E-state index is 0.00523. The summed E-state index contributed by atoms with van der Waals surface area (Å²) in [6.07, 6.45) is -10.0. The van der Waals surface area contributed by atoms with Crippen LogP contribution in [0.3, 0.4) is 0 Å². The third-order valence-electron chi connectivity index (χ3n) is 4.47. The molecule has 2 aromatic rings. The number of para-hydroxylation sites is 1. The van der Waals surface area contributed by atoms with E-state index in [1.165, 1.54) is 4.90 Å². The molecule has 2 heterocycles. The minimum Gasteiger partial charge on any atom is -0.398 e. The zero-order valence-corrected chi connectivity index (χ0v) is 14.2. The Bertz CT molecular complexity index is 809. The van der Waals surface area contributed by atoms with Crippen molar-refractivity contribution in [2.24, 2.45) is 0 Å². The van der Waals surface area contributed by atoms with Gasteiger partial charge in [0.25, 0.3) is 0 Å². The number of hydrogen-bond acceptors (Lipinski definition) is 4. The highest BCUT2D eigenvalue weighted by Gasteiger charge is 2.35. The largest absolute Gasteiger partial charge is 0.401 e. The molecule has 4 nitrogen and oxygen atoms in total. The van der Waals surface area contributed by atoms with Gasteiger partial charge in [0, 0.05) is 42.8 Å². The van der Waals surface area contributed by atoms with Gasteiger partial charge in [-0.15, -0.1) is 0 Å². The number of fused-ring (bicyclic) bond motifs is 1. The molecule has 1 saturated heterocycles. The predicted molar refractivity (Wildman–Crippen MR) is 90.6 cm³/mol. The molecule has 0 aliphatic carbocycles. The van der Waals surface area contributed by atoms with Crippen LogP contribution in [0.1, 0.15) is 5.56 Å². The smallest absolute Gasteiger partial charge is 0.398 e. The zero-order valence-electron chi connectivity index (χ0n) is 14.2. The lowest BCUT2D eigenvalue weighted by atomic mass is 10.0. The maximum atomic E-state index is 13.1. The van der Waals surface area contributed by atoms with Crippen LogP contribution in [0.4, 0.5) is 37.8 Å². The van der Waals surface area contributed by atoms with Gasteiger partial charge in [0.05, 0.1) is 18.5 Å². The third kappa shape index (κ3) is 4.74. The molecule has 1 aliphatic heterocycles. The minimum atomic E-state index is -4.48. The Hall–Kier alpha value is -2.23. The van der Waals surface area contributed by atoms with Gasteiger partial charge >= 0.3 is 12.4 Å². The molecule has 1 aromatic carbocycles. The maximum Gasteiger partial charge on any atom is 0.401 e. The lowest BCUT2D eigenvalue weighted by Gasteiger charge is -2.37. The SMILES string of the molecule is Nc1c(CC(F)(F)F)c(N2CCN(CC(F)(F)F)CC2)nc2ccccc12. The van der Waals surface area contributed by atoms with E-state index in [4.69, 9.17) is 5.73 Å². The number of benzene rings is 1. The molecule has 1 aromatic heterocycles. The van der Waals surface area contributed by atoms with Crippen LogP contribution < -0.4 is 10.6 Å². The van der Waals surface area contributed by atoms with Gasteiger partial charge in [-0.1, -0.05) is 18.2 Å². The molecule has 1 aliphatic rings. The lowest BCUT2D eigenvalue weighted by Crippen LogP contribution is -2.49. The second kappa shape index (κ2) is 7.06. The van der Waals surface area contributed by atoms with E-state index in [-0.39, 0.29) is 43.2 Å². The Balaban J connectivity index is 1.92. The number of nitrogen functional groups attached to an aromatic ring is 1. The van der Waals surface area contributed by atoms with E-state index >= 15 is 0 Å². The van der Waals surface area contributed by atoms with Gasteiger partial charge in [-0.3, -0.25) is 4.90 Å². The summed E-state index contributed by atoms with van der Waals surface area (Å²) >= 11 is 0. The summed E-state index contributed by atoms with van der Waals surface area (Å²) in [5.41, 5.74) is 6.34. The molecule has 0 bridgehead atoms. The van der Waals surface area contributed by atoms with Gasteiger partial charge < -0.3 is 10.6 Å². The fourth-order valence-corrected chi connectivity index (χ4v) is 3.27. The maximum absolute atomic E-state index is 13.1. The Labute approximate surface area is 151 Å². The van der Waals surface area contributed by atoms with Crippen molar-refractivity contribution in [3.8, 4) is 0 Å². The molecule has 1 fully saturated rings. The van der Waals surface area contributed by atoms with Crippen LogP contribution >= 0.6 is 0 Å². The Morgan fingerprint density at radius 2 is 1.56 bits per heavy atom. The van der Waals surface area contributed by atoms with E-state index < -0.39 is 25.3 Å². The Morgan fingerprint density at radius 3 is 2.15 bits per heavy atom. The molecule has 0 saturated carbocycles. The van der Waals surface area contributed by atoms with Crippen LogP contribution in [0.25, 0.3) is 10.9 Å². The van der Waals surface area contributed by atoms with Crippen LogP contribution in [-0.2, 0) is 6.42 Å². The molecule has 0 atom stereocenters. The van der Waals surface area contributed by atoms with Crippen molar-refractivity contribution in [3.05, 3.63) is 29.8 Å². The molecule has 0 radical (unpaired) electrons. The van der Waals surface area contributed by atoms with Crippen molar-refractivity contribution in [1.82, 2.24) is 9.88 Å². The fraction of sp³-hybridized carbons (Fsp3) is 0.471. The number of nitrogens with two attached hydrogens (primary N) is 1. The van der Waals surface area contributed by atoms with Gasteiger partial charge in [0.15, 0.2) is 0 Å². The first-order valence-electron chi connectivity index (χ1n) is 8.31. The zero-order chi connectivity index (χ0) is 19.8. The average Bonchev–Trinajstić information content (AvgIpc) is 2.56. The van der Waals surface area contributed by atoms with Crippen LogP contribution in [0.15, 0.2) is 24.3 Å². The predicted octanol–water partition coefficient (Wildman–Crippen LogP) is 3.61. The summed E-state index contributed by atoms with van der Waals surface area (Å²) in [6, 6.07) is 6.60. The van der Waals surface area contributed by atoms with Crippen molar-refractivity contribution >= 4 is 22.4 Å². The average molecular weight is 392 g/mol. The van der Waals surface area contributed by atoms with Crippen LogP contribution in [-0.4, -0.2) is 55.0 Å². The lowest BCUT2D eigenvalue weighted by molar-refractivity contribution is -0.146. The number of aromatic nitrogens is 1. The Morgan fingerprint density at radius 1 is 0.926 bits per heavy atom. The molecule has 0 unspecified atom stereocenters. The van der Waals surface area contributed by atoms with Gasteiger partial charge in [0.2, 0.25) is 0 Å². The number of rotatable bonds is 3. The molecule has 10 heteroatoms. The summed E-state index contributed by atoms with van der Waals surface area (Å²) < 4.78 is 76.8. The van der Waals surface area contributed by atoms with E-state index in [2.05, 4.69) is 4.98 Å². The molecular weight excluding hydrogens is 374 g/mol. The first-order chi connectivity index (χ1) is 12.5. The van der Waals surface area contributed by atoms with Crippen LogP contribution in [0.2, 0.25) is 0 Å². The van der Waals surface area contributed by atoms with E-state index in [0.717, 1.165) is 0 Å². The molecular formula is C17H18F6N4. The number of nitrogens with zero attached hydrogens (tertiary/aromatic N) is 3. The van der Waals surface area contributed by atoms with Crippen LogP contribution in [0.5, 0.6) is 0 Å². The monoisotopic (exact) mass is 392 g/mol. The molecule has 0 spiro atoms. The summed E-state index contributed by atoms with van der Waals surface area (Å²) in [7, 11) is 0. The quantitative estimate of drug-likeness (QED) is 0.811. The number of halogens is 6. The van der Waals surface area contributed by atoms with Crippen molar-refractivity contribution in [2.45, 2.75) is 18.8 Å². The first kappa shape index (κ1) is 19.5. The highest BCUT2D eigenvalue weighted by atomic mass is 19.4. The first-order valence-corrected chi connectivity index (χ1v) is 8.31. The van der Waals surface area contributed by atoms with Gasteiger partial charge in [-0.25, -0.2) is 4.98 Å². The summed E-state index contributed by atoms with van der Waals surface area (Å²) in [6.45, 7) is -0.584. The highest BCUT2D eigenvalue weighted by Crippen LogP contribution is 2.36.